The molecule has 1 aliphatic rings. The Kier molecular flexibility index (Phi) is 6.64. The second-order valence-electron chi connectivity index (χ2n) is 8.78. The van der Waals surface area contributed by atoms with E-state index in [9.17, 15) is 18.0 Å². The summed E-state index contributed by atoms with van der Waals surface area (Å²) in [7, 11) is 1.55. The lowest BCUT2D eigenvalue weighted by Crippen LogP contribution is -2.46. The standard InChI is InChI=1S/C25H27F3N6O/c1-15-16(2)23(32-31-21(15)17-6-8-18(29)9-7-17)34-13-10-19(11-14-34)33(3)24(35)20-5-4-12-30-22(20)25(26,27)28/h4-9,12,19H,10-11,13-14,29H2,1-3H3. The predicted molar refractivity (Wildman–Crippen MR) is 128 cm³/mol. The van der Waals surface area contributed by atoms with E-state index in [0.29, 0.717) is 31.6 Å². The monoisotopic (exact) mass is 484 g/mol. The molecule has 1 aliphatic heterocycles. The van der Waals surface area contributed by atoms with Crippen LogP contribution in [0.1, 0.15) is 40.0 Å². The highest BCUT2D eigenvalue weighted by Crippen LogP contribution is 2.32. The molecular formula is C25H27F3N6O. The number of nitrogens with zero attached hydrogens (tertiary/aromatic N) is 5. The molecule has 184 valence electrons. The van der Waals surface area contributed by atoms with E-state index in [1.165, 1.54) is 17.0 Å². The van der Waals surface area contributed by atoms with Crippen molar-refractivity contribution in [2.24, 2.45) is 0 Å². The fourth-order valence-corrected chi connectivity index (χ4v) is 4.43. The lowest BCUT2D eigenvalue weighted by Gasteiger charge is -2.38. The number of rotatable bonds is 4. The van der Waals surface area contributed by atoms with Gasteiger partial charge in [-0.3, -0.25) is 9.78 Å². The van der Waals surface area contributed by atoms with Gasteiger partial charge in [0.05, 0.1) is 11.3 Å². The maximum Gasteiger partial charge on any atom is 0.434 e. The maximum absolute atomic E-state index is 13.3. The molecule has 7 nitrogen and oxygen atoms in total. The number of halogens is 3. The van der Waals surface area contributed by atoms with Gasteiger partial charge in [0.25, 0.3) is 5.91 Å². The van der Waals surface area contributed by atoms with Crippen LogP contribution in [-0.4, -0.2) is 52.2 Å². The Labute approximate surface area is 201 Å². The van der Waals surface area contributed by atoms with E-state index in [4.69, 9.17) is 5.73 Å². The highest BCUT2D eigenvalue weighted by atomic mass is 19.4. The average Bonchev–Trinajstić information content (AvgIpc) is 2.85. The lowest BCUT2D eigenvalue weighted by molar-refractivity contribution is -0.141. The van der Waals surface area contributed by atoms with Gasteiger partial charge in [-0.05, 0) is 62.1 Å². The molecule has 1 aromatic carbocycles. The van der Waals surface area contributed by atoms with Crippen LogP contribution < -0.4 is 10.6 Å². The second-order valence-corrected chi connectivity index (χ2v) is 8.78. The number of benzene rings is 1. The number of nitrogen functional groups attached to an aromatic ring is 1. The Bertz CT molecular complexity index is 1220. The molecule has 0 saturated carbocycles. The molecule has 4 rings (SSSR count). The van der Waals surface area contributed by atoms with Crippen LogP contribution in [0.5, 0.6) is 0 Å². The lowest BCUT2D eigenvalue weighted by atomic mass is 10.00. The Morgan fingerprint density at radius 1 is 1.06 bits per heavy atom. The maximum atomic E-state index is 13.3. The Balaban J connectivity index is 1.47. The first-order chi connectivity index (χ1) is 16.6. The molecule has 3 aromatic rings. The molecular weight excluding hydrogens is 457 g/mol. The number of hydrogen-bond donors (Lipinski definition) is 1. The van der Waals surface area contributed by atoms with Crippen LogP contribution in [-0.2, 0) is 6.18 Å². The summed E-state index contributed by atoms with van der Waals surface area (Å²) < 4.78 is 40.0. The number of nitrogens with two attached hydrogens (primary N) is 1. The summed E-state index contributed by atoms with van der Waals surface area (Å²) in [5, 5.41) is 8.94. The Morgan fingerprint density at radius 3 is 2.34 bits per heavy atom. The topological polar surface area (TPSA) is 88.2 Å². The van der Waals surface area contributed by atoms with Crippen LogP contribution in [0.15, 0.2) is 42.6 Å². The van der Waals surface area contributed by atoms with Crippen LogP contribution in [0.3, 0.4) is 0 Å². The number of anilines is 2. The third-order valence-electron chi connectivity index (χ3n) is 6.62. The summed E-state index contributed by atoms with van der Waals surface area (Å²) in [6.07, 6.45) is -2.45. The summed E-state index contributed by atoms with van der Waals surface area (Å²) in [4.78, 5) is 19.8. The van der Waals surface area contributed by atoms with Gasteiger partial charge in [-0.25, -0.2) is 0 Å². The smallest absolute Gasteiger partial charge is 0.399 e. The van der Waals surface area contributed by atoms with Gasteiger partial charge in [0.1, 0.15) is 0 Å². The number of alkyl halides is 3. The van der Waals surface area contributed by atoms with Crippen LogP contribution in [0, 0.1) is 13.8 Å². The van der Waals surface area contributed by atoms with Crippen molar-refractivity contribution in [3.05, 3.63) is 65.0 Å². The molecule has 1 saturated heterocycles. The molecule has 0 bridgehead atoms. The quantitative estimate of drug-likeness (QED) is 0.549. The molecule has 0 unspecified atom stereocenters. The highest BCUT2D eigenvalue weighted by Gasteiger charge is 2.38. The normalized spacial score (nSPS) is 14.7. The minimum atomic E-state index is -4.69. The van der Waals surface area contributed by atoms with Gasteiger partial charge in [-0.15, -0.1) is 10.2 Å². The zero-order chi connectivity index (χ0) is 25.3. The Morgan fingerprint density at radius 2 is 1.71 bits per heavy atom. The van der Waals surface area contributed by atoms with E-state index in [2.05, 4.69) is 20.1 Å². The van der Waals surface area contributed by atoms with E-state index in [1.54, 1.807) is 7.05 Å². The molecule has 3 heterocycles. The molecule has 1 amide bonds. The summed E-state index contributed by atoms with van der Waals surface area (Å²) in [6.45, 7) is 5.22. The fraction of sp³-hybridized carbons (Fsp3) is 0.360. The van der Waals surface area contributed by atoms with Crippen LogP contribution in [0.25, 0.3) is 11.3 Å². The number of hydrogen-bond acceptors (Lipinski definition) is 6. The molecule has 10 heteroatoms. The van der Waals surface area contributed by atoms with Crippen LogP contribution >= 0.6 is 0 Å². The van der Waals surface area contributed by atoms with Crippen LogP contribution in [0.2, 0.25) is 0 Å². The number of piperidine rings is 1. The summed E-state index contributed by atoms with van der Waals surface area (Å²) in [5.41, 5.74) is 8.64. The minimum absolute atomic E-state index is 0.191. The van der Waals surface area contributed by atoms with Gasteiger partial charge in [0.2, 0.25) is 0 Å². The number of aromatic nitrogens is 3. The van der Waals surface area contributed by atoms with Crippen molar-refractivity contribution >= 4 is 17.4 Å². The van der Waals surface area contributed by atoms with E-state index in [0.717, 1.165) is 34.4 Å². The van der Waals surface area contributed by atoms with Crippen molar-refractivity contribution in [3.8, 4) is 11.3 Å². The zero-order valence-corrected chi connectivity index (χ0v) is 19.8. The number of pyridine rings is 1. The van der Waals surface area contributed by atoms with Gasteiger partial charge in [0.15, 0.2) is 11.5 Å². The number of amides is 1. The largest absolute Gasteiger partial charge is 0.434 e. The van der Waals surface area contributed by atoms with Crippen molar-refractivity contribution in [1.82, 2.24) is 20.1 Å². The fourth-order valence-electron chi connectivity index (χ4n) is 4.43. The first-order valence-corrected chi connectivity index (χ1v) is 11.3. The molecule has 2 N–H and O–H groups in total. The third-order valence-corrected chi connectivity index (χ3v) is 6.62. The molecule has 0 spiro atoms. The molecule has 2 aromatic heterocycles. The number of carbonyl (C=O) groups excluding carboxylic acids is 1. The molecule has 0 atom stereocenters. The third kappa shape index (κ3) is 4.91. The van der Waals surface area contributed by atoms with Gasteiger partial charge in [-0.1, -0.05) is 12.1 Å². The summed E-state index contributed by atoms with van der Waals surface area (Å²) >= 11 is 0. The average molecular weight is 485 g/mol. The predicted octanol–water partition coefficient (Wildman–Crippen LogP) is 4.50. The zero-order valence-electron chi connectivity index (χ0n) is 19.8. The Hall–Kier alpha value is -3.69. The van der Waals surface area contributed by atoms with Gasteiger partial charge < -0.3 is 15.5 Å². The summed E-state index contributed by atoms with van der Waals surface area (Å²) in [5.74, 6) is 0.101. The molecule has 35 heavy (non-hydrogen) atoms. The minimum Gasteiger partial charge on any atom is -0.399 e. The van der Waals surface area contributed by atoms with Gasteiger partial charge in [0, 0.05) is 43.6 Å². The van der Waals surface area contributed by atoms with Crippen molar-refractivity contribution in [1.29, 1.82) is 0 Å². The first kappa shape index (κ1) is 24.4. The summed E-state index contributed by atoms with van der Waals surface area (Å²) in [6, 6.07) is 9.80. The highest BCUT2D eigenvalue weighted by molar-refractivity contribution is 5.95. The first-order valence-electron chi connectivity index (χ1n) is 11.3. The van der Waals surface area contributed by atoms with Crippen LogP contribution in [0.4, 0.5) is 24.7 Å². The van der Waals surface area contributed by atoms with Gasteiger partial charge >= 0.3 is 6.18 Å². The molecule has 0 aliphatic carbocycles. The van der Waals surface area contributed by atoms with Gasteiger partial charge in [-0.2, -0.15) is 13.2 Å². The number of carbonyl (C=O) groups is 1. The SMILES string of the molecule is Cc1c(-c2ccc(N)cc2)nnc(N2CCC(N(C)C(=O)c3cccnc3C(F)(F)F)CC2)c1C. The second kappa shape index (κ2) is 9.52. The van der Waals surface area contributed by atoms with E-state index in [-0.39, 0.29) is 6.04 Å². The van der Waals surface area contributed by atoms with Crippen molar-refractivity contribution in [2.75, 3.05) is 30.8 Å². The molecule has 0 radical (unpaired) electrons. The van der Waals surface area contributed by atoms with E-state index < -0.39 is 23.3 Å². The van der Waals surface area contributed by atoms with Crippen molar-refractivity contribution < 1.29 is 18.0 Å². The van der Waals surface area contributed by atoms with Crippen molar-refractivity contribution in [2.45, 2.75) is 38.9 Å². The van der Waals surface area contributed by atoms with E-state index >= 15 is 0 Å². The molecule has 1 fully saturated rings. The van der Waals surface area contributed by atoms with E-state index in [1.807, 2.05) is 38.1 Å². The van der Waals surface area contributed by atoms with Crippen molar-refractivity contribution in [3.63, 3.8) is 0 Å².